The molecule has 0 unspecified atom stereocenters. The molecule has 0 radical (unpaired) electrons. The maximum atomic E-state index is 13.7. The zero-order valence-corrected chi connectivity index (χ0v) is 34.5. The highest BCUT2D eigenvalue weighted by atomic mass is 19.1. The number of likely N-dealkylation sites (tertiary alicyclic amines) is 2. The number of aromatic nitrogens is 5. The molecule has 0 saturated carbocycles. The summed E-state index contributed by atoms with van der Waals surface area (Å²) in [6, 6.07) is 11.5. The molecule has 3 aliphatic rings. The van der Waals surface area contributed by atoms with Crippen LogP contribution in [0.5, 0.6) is 5.75 Å². The second-order valence-corrected chi connectivity index (χ2v) is 16.6. The van der Waals surface area contributed by atoms with Gasteiger partial charge >= 0.3 is 6.09 Å². The zero-order chi connectivity index (χ0) is 42.4. The van der Waals surface area contributed by atoms with E-state index in [0.29, 0.717) is 84.9 Å². The molecule has 8 rings (SSSR count). The molecule has 320 valence electrons. The fourth-order valence-electron chi connectivity index (χ4n) is 7.77. The number of carbonyl (C=O) groups excluding carboxylic acids is 1. The van der Waals surface area contributed by atoms with E-state index in [1.165, 1.54) is 36.7 Å². The lowest BCUT2D eigenvalue weighted by molar-refractivity contribution is 0.0567. The molecule has 17 heteroatoms. The summed E-state index contributed by atoms with van der Waals surface area (Å²) in [5, 5.41) is 3.59. The minimum absolute atomic E-state index is 0.122. The van der Waals surface area contributed by atoms with Crippen molar-refractivity contribution in [1.82, 2.24) is 39.2 Å². The third-order valence-corrected chi connectivity index (χ3v) is 11.1. The van der Waals surface area contributed by atoms with Crippen LogP contribution in [0, 0.1) is 11.6 Å². The van der Waals surface area contributed by atoms with Crippen molar-refractivity contribution in [1.29, 1.82) is 0 Å². The smallest absolute Gasteiger partial charge is 0.415 e. The number of pyridine rings is 5. The number of hydrogen-bond acceptors (Lipinski definition) is 12. The highest BCUT2D eigenvalue weighted by molar-refractivity contribution is 5.90. The van der Waals surface area contributed by atoms with Gasteiger partial charge < -0.3 is 39.5 Å². The maximum Gasteiger partial charge on any atom is 0.415 e. The third kappa shape index (κ3) is 10.9. The lowest BCUT2D eigenvalue weighted by atomic mass is 10.0. The van der Waals surface area contributed by atoms with Gasteiger partial charge in [0.05, 0.1) is 52.9 Å². The number of piperidine rings is 2. The molecule has 8 heterocycles. The standard InChI is InChI=1S/C28H35FN6O4.C15H19FN4O/c1-28(2,3)39-27(37)35-12-13-38-25-15-21(31-18-24(25)35)17-30-20-6-8-33(9-7-20)10-11-34-23-14-19(29)16-32-22(23)4-5-26(34)36;16-11-9-14-13(18-10-11)1-2-15(21)20(14)8-7-19-5-3-12(17)4-6-19/h4-5,14-16,18,20,30H,6-13,17H2,1-3H3;1-2,9-10,12H,3-8,17H2. The minimum Gasteiger partial charge on any atom is -0.489 e. The number of ether oxygens (including phenoxy) is 2. The number of nitrogens with one attached hydrogen (secondary N) is 1. The molecule has 2 saturated heterocycles. The van der Waals surface area contributed by atoms with Crippen molar-refractivity contribution in [3.63, 3.8) is 0 Å². The van der Waals surface area contributed by atoms with E-state index in [4.69, 9.17) is 15.2 Å². The van der Waals surface area contributed by atoms with Crippen LogP contribution in [0.25, 0.3) is 22.1 Å². The topological polar surface area (TPSA) is 166 Å². The van der Waals surface area contributed by atoms with Gasteiger partial charge in [0.25, 0.3) is 11.1 Å². The first-order valence-electron chi connectivity index (χ1n) is 20.7. The molecule has 2 fully saturated rings. The molecule has 0 spiro atoms. The van der Waals surface area contributed by atoms with Crippen molar-refractivity contribution in [2.75, 3.05) is 57.3 Å². The van der Waals surface area contributed by atoms with Crippen LogP contribution in [0.15, 0.2) is 70.6 Å². The number of carbonyl (C=O) groups is 1. The maximum absolute atomic E-state index is 13.7. The van der Waals surface area contributed by atoms with Gasteiger partial charge in [-0.1, -0.05) is 0 Å². The first-order chi connectivity index (χ1) is 28.8. The number of hydrogen-bond donors (Lipinski definition) is 2. The van der Waals surface area contributed by atoms with Crippen molar-refractivity contribution in [3.05, 3.63) is 99.1 Å². The van der Waals surface area contributed by atoms with Crippen molar-refractivity contribution < 1.29 is 23.0 Å². The number of amides is 1. The first kappa shape index (κ1) is 42.8. The summed E-state index contributed by atoms with van der Waals surface area (Å²) >= 11 is 0. The molecule has 3 aliphatic heterocycles. The van der Waals surface area contributed by atoms with Gasteiger partial charge in [0.15, 0.2) is 0 Å². The first-order valence-corrected chi connectivity index (χ1v) is 20.7. The number of nitrogens with zero attached hydrogens (tertiary/aromatic N) is 8. The summed E-state index contributed by atoms with van der Waals surface area (Å²) in [6.07, 6.45) is 7.52. The van der Waals surface area contributed by atoms with Crippen molar-refractivity contribution in [3.8, 4) is 5.75 Å². The molecule has 0 bridgehead atoms. The highest BCUT2D eigenvalue weighted by Crippen LogP contribution is 2.32. The lowest BCUT2D eigenvalue weighted by Crippen LogP contribution is -2.43. The van der Waals surface area contributed by atoms with E-state index in [-0.39, 0.29) is 11.1 Å². The van der Waals surface area contributed by atoms with Crippen LogP contribution < -0.4 is 31.8 Å². The van der Waals surface area contributed by atoms with Gasteiger partial charge in [0.1, 0.15) is 35.3 Å². The predicted molar refractivity (Wildman–Crippen MR) is 225 cm³/mol. The second kappa shape index (κ2) is 18.9. The van der Waals surface area contributed by atoms with E-state index < -0.39 is 23.3 Å². The average Bonchev–Trinajstić information content (AvgIpc) is 3.22. The summed E-state index contributed by atoms with van der Waals surface area (Å²) in [6.45, 7) is 13.1. The molecule has 0 atom stereocenters. The Morgan fingerprint density at radius 2 is 1.33 bits per heavy atom. The van der Waals surface area contributed by atoms with Gasteiger partial charge in [-0.15, -0.1) is 0 Å². The third-order valence-electron chi connectivity index (χ3n) is 11.1. The van der Waals surface area contributed by atoms with Crippen LogP contribution >= 0.6 is 0 Å². The van der Waals surface area contributed by atoms with Crippen LogP contribution in [-0.4, -0.2) is 110 Å². The van der Waals surface area contributed by atoms with E-state index in [9.17, 15) is 23.2 Å². The molecule has 0 aromatic carbocycles. The number of rotatable bonds is 9. The van der Waals surface area contributed by atoms with Gasteiger partial charge in [-0.2, -0.15) is 0 Å². The van der Waals surface area contributed by atoms with Crippen LogP contribution in [0.3, 0.4) is 0 Å². The Morgan fingerprint density at radius 3 is 1.88 bits per heavy atom. The van der Waals surface area contributed by atoms with Crippen molar-refractivity contribution >= 4 is 33.8 Å². The van der Waals surface area contributed by atoms with Gasteiger partial charge in [-0.3, -0.25) is 29.4 Å². The molecule has 0 aliphatic carbocycles. The van der Waals surface area contributed by atoms with Crippen molar-refractivity contribution in [2.45, 2.75) is 83.8 Å². The molecule has 15 nitrogen and oxygen atoms in total. The summed E-state index contributed by atoms with van der Waals surface area (Å²) < 4.78 is 41.7. The molecular weight excluding hydrogens is 775 g/mol. The van der Waals surface area contributed by atoms with E-state index in [0.717, 1.165) is 64.1 Å². The van der Waals surface area contributed by atoms with E-state index in [1.807, 2.05) is 26.8 Å². The number of halogens is 2. The van der Waals surface area contributed by atoms with Crippen LogP contribution in [-0.2, 0) is 24.4 Å². The SMILES string of the molecule is CC(C)(C)OC(=O)N1CCOc2cc(CNC3CCN(CCn4c(=O)ccc5ncc(F)cc54)CC3)ncc21.NC1CCN(CCn2c(=O)ccc3ncc(F)cc32)CC1. The Morgan fingerprint density at radius 1 is 0.783 bits per heavy atom. The number of fused-ring (bicyclic) bond motifs is 3. The molecule has 3 N–H and O–H groups in total. The fourth-order valence-corrected chi connectivity index (χ4v) is 7.77. The molecule has 5 aromatic rings. The van der Waals surface area contributed by atoms with Crippen molar-refractivity contribution in [2.24, 2.45) is 5.73 Å². The minimum atomic E-state index is -0.576. The Labute approximate surface area is 347 Å². The van der Waals surface area contributed by atoms with Crippen LogP contribution in [0.2, 0.25) is 0 Å². The quantitative estimate of drug-likeness (QED) is 0.217. The van der Waals surface area contributed by atoms with Crippen LogP contribution in [0.4, 0.5) is 19.3 Å². The van der Waals surface area contributed by atoms with Gasteiger partial charge in [-0.05, 0) is 84.8 Å². The zero-order valence-electron chi connectivity index (χ0n) is 34.5. The summed E-state index contributed by atoms with van der Waals surface area (Å²) in [4.78, 5) is 55.9. The second-order valence-electron chi connectivity index (χ2n) is 16.6. The predicted octanol–water partition coefficient (Wildman–Crippen LogP) is 4.28. The monoisotopic (exact) mass is 828 g/mol. The lowest BCUT2D eigenvalue weighted by Gasteiger charge is -2.33. The van der Waals surface area contributed by atoms with Gasteiger partial charge in [0, 0.05) is 75.1 Å². The largest absolute Gasteiger partial charge is 0.489 e. The average molecular weight is 829 g/mol. The molecule has 60 heavy (non-hydrogen) atoms. The summed E-state index contributed by atoms with van der Waals surface area (Å²) in [5.74, 6) is -0.243. The normalized spacial score (nSPS) is 16.9. The molecule has 5 aromatic heterocycles. The number of anilines is 1. The molecule has 1 amide bonds. The van der Waals surface area contributed by atoms with E-state index in [2.05, 4.69) is 30.1 Å². The Balaban J connectivity index is 0.000000218. The highest BCUT2D eigenvalue weighted by Gasteiger charge is 2.29. The summed E-state index contributed by atoms with van der Waals surface area (Å²) in [7, 11) is 0. The fraction of sp³-hybridized carbons (Fsp3) is 0.488. The van der Waals surface area contributed by atoms with Gasteiger partial charge in [0.2, 0.25) is 0 Å². The summed E-state index contributed by atoms with van der Waals surface area (Å²) in [5.41, 5.74) is 8.83. The van der Waals surface area contributed by atoms with Gasteiger partial charge in [-0.25, -0.2) is 13.6 Å². The van der Waals surface area contributed by atoms with Crippen LogP contribution in [0.1, 0.15) is 52.1 Å². The Hall–Kier alpha value is -5.36. The van der Waals surface area contributed by atoms with E-state index >= 15 is 0 Å². The van der Waals surface area contributed by atoms with E-state index in [1.54, 1.807) is 32.4 Å². The Bertz CT molecular complexity index is 2400. The molecular formula is C43H54F2N10O5. The Kier molecular flexibility index (Phi) is 13.5. The number of nitrogens with two attached hydrogens (primary N) is 1.